The molecule has 3 heteroatoms. The summed E-state index contributed by atoms with van der Waals surface area (Å²) >= 11 is 0. The van der Waals surface area contributed by atoms with Crippen molar-refractivity contribution in [3.8, 4) is 0 Å². The lowest BCUT2D eigenvalue weighted by molar-refractivity contribution is 0.0863. The zero-order valence-electron chi connectivity index (χ0n) is 11.7. The Morgan fingerprint density at radius 3 is 2.17 bits per heavy atom. The van der Waals surface area contributed by atoms with Crippen LogP contribution < -0.4 is 5.73 Å². The van der Waals surface area contributed by atoms with Crippen molar-refractivity contribution < 1.29 is 0 Å². The Morgan fingerprint density at radius 2 is 1.61 bits per heavy atom. The van der Waals surface area contributed by atoms with Crippen molar-refractivity contribution in [1.82, 2.24) is 9.80 Å². The highest BCUT2D eigenvalue weighted by molar-refractivity contribution is 4.93. The molecular formula is C15H29N3. The summed E-state index contributed by atoms with van der Waals surface area (Å²) in [5.41, 5.74) is 6.52. The topological polar surface area (TPSA) is 32.5 Å². The van der Waals surface area contributed by atoms with Gasteiger partial charge in [-0.1, -0.05) is 12.8 Å². The van der Waals surface area contributed by atoms with Gasteiger partial charge in [0.05, 0.1) is 0 Å². The molecular weight excluding hydrogens is 222 g/mol. The van der Waals surface area contributed by atoms with E-state index in [-0.39, 0.29) is 5.54 Å². The summed E-state index contributed by atoms with van der Waals surface area (Å²) in [6.07, 6.45) is 10.9. The average Bonchev–Trinajstić information content (AvgIpc) is 2.88. The average molecular weight is 251 g/mol. The molecule has 1 heterocycles. The fourth-order valence-electron chi connectivity index (χ4n) is 3.88. The van der Waals surface area contributed by atoms with E-state index in [4.69, 9.17) is 5.73 Å². The maximum absolute atomic E-state index is 6.31. The summed E-state index contributed by atoms with van der Waals surface area (Å²) in [6.45, 7) is 6.36. The van der Waals surface area contributed by atoms with Crippen molar-refractivity contribution in [3.05, 3.63) is 0 Å². The summed E-state index contributed by atoms with van der Waals surface area (Å²) in [7, 11) is 0. The molecule has 0 unspecified atom stereocenters. The second-order valence-electron chi connectivity index (χ2n) is 6.78. The van der Waals surface area contributed by atoms with Gasteiger partial charge in [0.25, 0.3) is 0 Å². The van der Waals surface area contributed by atoms with E-state index >= 15 is 0 Å². The number of nitrogens with two attached hydrogens (primary N) is 1. The Labute approximate surface area is 112 Å². The molecule has 3 fully saturated rings. The van der Waals surface area contributed by atoms with Crippen LogP contribution in [0, 0.1) is 0 Å². The predicted molar refractivity (Wildman–Crippen MR) is 75.7 cm³/mol. The second-order valence-corrected chi connectivity index (χ2v) is 6.78. The molecule has 0 amide bonds. The van der Waals surface area contributed by atoms with E-state index in [1.165, 1.54) is 84.1 Å². The van der Waals surface area contributed by atoms with Gasteiger partial charge in [0.15, 0.2) is 0 Å². The monoisotopic (exact) mass is 251 g/mol. The van der Waals surface area contributed by atoms with Crippen LogP contribution in [-0.2, 0) is 0 Å². The van der Waals surface area contributed by atoms with Crippen LogP contribution in [0.4, 0.5) is 0 Å². The fraction of sp³-hybridized carbons (Fsp3) is 1.00. The highest BCUT2D eigenvalue weighted by atomic mass is 15.3. The highest BCUT2D eigenvalue weighted by Crippen LogP contribution is 2.32. The molecule has 0 spiro atoms. The first kappa shape index (κ1) is 12.9. The largest absolute Gasteiger partial charge is 0.325 e. The van der Waals surface area contributed by atoms with Gasteiger partial charge in [-0.05, 0) is 45.1 Å². The van der Waals surface area contributed by atoms with Crippen LogP contribution in [0.3, 0.4) is 0 Å². The molecule has 3 rings (SSSR count). The maximum Gasteiger partial charge on any atom is 0.0166 e. The lowest BCUT2D eigenvalue weighted by Crippen LogP contribution is -2.53. The van der Waals surface area contributed by atoms with Gasteiger partial charge >= 0.3 is 0 Å². The van der Waals surface area contributed by atoms with Crippen molar-refractivity contribution in [2.45, 2.75) is 62.9 Å². The predicted octanol–water partition coefficient (Wildman–Crippen LogP) is 1.82. The van der Waals surface area contributed by atoms with Crippen LogP contribution in [0.15, 0.2) is 0 Å². The Kier molecular flexibility index (Phi) is 3.92. The fourth-order valence-corrected chi connectivity index (χ4v) is 3.88. The molecule has 0 radical (unpaired) electrons. The van der Waals surface area contributed by atoms with Crippen molar-refractivity contribution in [3.63, 3.8) is 0 Å². The Balaban J connectivity index is 1.37. The molecule has 1 saturated heterocycles. The van der Waals surface area contributed by atoms with Crippen LogP contribution in [-0.4, -0.2) is 54.1 Å². The van der Waals surface area contributed by atoms with Crippen molar-refractivity contribution in [2.24, 2.45) is 5.73 Å². The van der Waals surface area contributed by atoms with Crippen LogP contribution in [0.5, 0.6) is 0 Å². The first-order chi connectivity index (χ1) is 8.75. The van der Waals surface area contributed by atoms with Crippen LogP contribution in [0.25, 0.3) is 0 Å². The lowest BCUT2D eigenvalue weighted by Gasteiger charge is -2.42. The molecule has 2 aliphatic carbocycles. The smallest absolute Gasteiger partial charge is 0.0166 e. The third-order valence-corrected chi connectivity index (χ3v) is 5.52. The lowest BCUT2D eigenvalue weighted by atomic mass is 9.75. The minimum Gasteiger partial charge on any atom is -0.325 e. The minimum absolute atomic E-state index is 0.211. The van der Waals surface area contributed by atoms with Gasteiger partial charge < -0.3 is 10.6 Å². The highest BCUT2D eigenvalue weighted by Gasteiger charge is 2.33. The summed E-state index contributed by atoms with van der Waals surface area (Å²) < 4.78 is 0. The molecule has 0 aromatic carbocycles. The molecule has 1 aliphatic heterocycles. The number of rotatable bonds is 4. The zero-order valence-corrected chi connectivity index (χ0v) is 11.7. The Morgan fingerprint density at radius 1 is 0.944 bits per heavy atom. The van der Waals surface area contributed by atoms with E-state index < -0.39 is 0 Å². The second kappa shape index (κ2) is 5.48. The molecule has 0 aromatic heterocycles. The van der Waals surface area contributed by atoms with Crippen LogP contribution in [0.1, 0.15) is 51.4 Å². The number of nitrogens with zero attached hydrogens (tertiary/aromatic N) is 2. The number of hydrogen-bond donors (Lipinski definition) is 1. The van der Waals surface area contributed by atoms with Crippen molar-refractivity contribution in [2.75, 3.05) is 32.7 Å². The quantitative estimate of drug-likeness (QED) is 0.827. The van der Waals surface area contributed by atoms with Gasteiger partial charge in [-0.25, -0.2) is 0 Å². The summed E-state index contributed by atoms with van der Waals surface area (Å²) in [5.74, 6) is 0. The Bertz CT molecular complexity index is 261. The minimum atomic E-state index is 0.211. The van der Waals surface area contributed by atoms with E-state index in [0.29, 0.717) is 0 Å². The third-order valence-electron chi connectivity index (χ3n) is 5.52. The summed E-state index contributed by atoms with van der Waals surface area (Å²) in [5, 5.41) is 0. The standard InChI is InChI=1S/C15H29N3/c16-15(6-3-7-15)8-9-17-10-12-18(13-11-17)14-4-1-2-5-14/h14H,1-13,16H2. The van der Waals surface area contributed by atoms with E-state index in [2.05, 4.69) is 9.80 Å². The third kappa shape index (κ3) is 2.89. The molecule has 2 N–H and O–H groups in total. The maximum atomic E-state index is 6.31. The van der Waals surface area contributed by atoms with E-state index in [1.807, 2.05) is 0 Å². The molecule has 104 valence electrons. The molecule has 2 saturated carbocycles. The summed E-state index contributed by atoms with van der Waals surface area (Å²) in [4.78, 5) is 5.38. The number of piperazine rings is 1. The molecule has 0 bridgehead atoms. The molecule has 3 nitrogen and oxygen atoms in total. The van der Waals surface area contributed by atoms with E-state index in [9.17, 15) is 0 Å². The normalized spacial score (nSPS) is 30.5. The molecule has 0 aromatic rings. The van der Waals surface area contributed by atoms with Crippen LogP contribution >= 0.6 is 0 Å². The first-order valence-electron chi connectivity index (χ1n) is 8.01. The zero-order chi connectivity index (χ0) is 12.4. The van der Waals surface area contributed by atoms with Gasteiger partial charge in [-0.15, -0.1) is 0 Å². The van der Waals surface area contributed by atoms with Gasteiger partial charge in [0.2, 0.25) is 0 Å². The summed E-state index contributed by atoms with van der Waals surface area (Å²) in [6, 6.07) is 0.916. The van der Waals surface area contributed by atoms with Gasteiger partial charge in [-0.2, -0.15) is 0 Å². The molecule has 3 aliphatic rings. The molecule has 0 atom stereocenters. The first-order valence-corrected chi connectivity index (χ1v) is 8.01. The van der Waals surface area contributed by atoms with E-state index in [1.54, 1.807) is 0 Å². The number of hydrogen-bond acceptors (Lipinski definition) is 3. The molecule has 18 heavy (non-hydrogen) atoms. The van der Waals surface area contributed by atoms with Crippen LogP contribution in [0.2, 0.25) is 0 Å². The SMILES string of the molecule is NC1(CCN2CCN(C3CCCC3)CC2)CCC1. The Hall–Kier alpha value is -0.120. The van der Waals surface area contributed by atoms with Gasteiger partial charge in [0, 0.05) is 37.8 Å². The van der Waals surface area contributed by atoms with Gasteiger partial charge in [0.1, 0.15) is 0 Å². The van der Waals surface area contributed by atoms with Crippen molar-refractivity contribution >= 4 is 0 Å². The van der Waals surface area contributed by atoms with E-state index in [0.717, 1.165) is 6.04 Å². The van der Waals surface area contributed by atoms with Gasteiger partial charge in [-0.3, -0.25) is 4.90 Å². The van der Waals surface area contributed by atoms with Crippen molar-refractivity contribution in [1.29, 1.82) is 0 Å².